The molecular weight excluding hydrogens is 217 g/mol. The van der Waals surface area contributed by atoms with Crippen molar-refractivity contribution in [1.82, 2.24) is 4.98 Å². The molecule has 0 amide bonds. The topological polar surface area (TPSA) is 22.1 Å². The normalized spacial score (nSPS) is 10.3. The van der Waals surface area contributed by atoms with Crippen LogP contribution in [0, 0.1) is 19.7 Å². The van der Waals surface area contributed by atoms with Gasteiger partial charge >= 0.3 is 0 Å². The van der Waals surface area contributed by atoms with Gasteiger partial charge in [0, 0.05) is 11.8 Å². The van der Waals surface area contributed by atoms with Crippen molar-refractivity contribution in [3.05, 3.63) is 59.2 Å². The molecule has 0 spiro atoms. The molecule has 0 aliphatic heterocycles. The van der Waals surface area contributed by atoms with Crippen LogP contribution < -0.4 is 4.74 Å². The minimum absolute atomic E-state index is 0.328. The first-order valence-corrected chi connectivity index (χ1v) is 5.44. The lowest BCUT2D eigenvalue weighted by Crippen LogP contribution is -1.98. The molecule has 0 atom stereocenters. The minimum Gasteiger partial charge on any atom is -0.489 e. The van der Waals surface area contributed by atoms with Crippen molar-refractivity contribution in [2.45, 2.75) is 20.5 Å². The van der Waals surface area contributed by atoms with E-state index in [2.05, 4.69) is 4.98 Å². The van der Waals surface area contributed by atoms with Gasteiger partial charge < -0.3 is 4.74 Å². The highest BCUT2D eigenvalue weighted by Crippen LogP contribution is 2.20. The summed E-state index contributed by atoms with van der Waals surface area (Å²) in [6.07, 6.45) is 2.79. The third-order valence-corrected chi connectivity index (χ3v) is 2.50. The lowest BCUT2D eigenvalue weighted by Gasteiger charge is -2.09. The number of benzene rings is 1. The number of hydrogen-bond acceptors (Lipinski definition) is 2. The Hall–Kier alpha value is -1.90. The van der Waals surface area contributed by atoms with Crippen molar-refractivity contribution in [3.63, 3.8) is 0 Å². The summed E-state index contributed by atoms with van der Waals surface area (Å²) >= 11 is 0. The molecule has 3 heteroatoms. The van der Waals surface area contributed by atoms with Crippen molar-refractivity contribution >= 4 is 0 Å². The Kier molecular flexibility index (Phi) is 3.38. The summed E-state index contributed by atoms with van der Waals surface area (Å²) in [5.41, 5.74) is 2.94. The number of hydrogen-bond donors (Lipinski definition) is 0. The van der Waals surface area contributed by atoms with Gasteiger partial charge in [-0.3, -0.25) is 4.98 Å². The third kappa shape index (κ3) is 3.03. The van der Waals surface area contributed by atoms with Gasteiger partial charge in [-0.05, 0) is 37.1 Å². The van der Waals surface area contributed by atoms with Crippen LogP contribution in [0.5, 0.6) is 5.75 Å². The smallest absolute Gasteiger partial charge is 0.141 e. The summed E-state index contributed by atoms with van der Waals surface area (Å²) in [5.74, 6) is 0.487. The molecule has 0 aliphatic rings. The second-order valence-electron chi connectivity index (χ2n) is 4.07. The highest BCUT2D eigenvalue weighted by molar-refractivity contribution is 5.36. The molecule has 88 valence electrons. The van der Waals surface area contributed by atoms with E-state index in [1.165, 1.54) is 12.3 Å². The van der Waals surface area contributed by atoms with E-state index in [0.29, 0.717) is 6.61 Å². The number of rotatable bonds is 3. The molecule has 1 heterocycles. The van der Waals surface area contributed by atoms with Gasteiger partial charge in [0.2, 0.25) is 0 Å². The molecule has 0 bridgehead atoms. The quantitative estimate of drug-likeness (QED) is 0.807. The van der Waals surface area contributed by atoms with E-state index >= 15 is 0 Å². The van der Waals surface area contributed by atoms with Crippen LogP contribution in [0.15, 0.2) is 36.7 Å². The predicted molar refractivity (Wildman–Crippen MR) is 64.4 cm³/mol. The van der Waals surface area contributed by atoms with E-state index in [1.54, 1.807) is 6.20 Å². The van der Waals surface area contributed by atoms with Crippen LogP contribution in [0.25, 0.3) is 0 Å². The Morgan fingerprint density at radius 1 is 1.18 bits per heavy atom. The van der Waals surface area contributed by atoms with Gasteiger partial charge in [0.25, 0.3) is 0 Å². The Bertz CT molecular complexity index is 525. The van der Waals surface area contributed by atoms with Crippen LogP contribution in [0.3, 0.4) is 0 Å². The Morgan fingerprint density at radius 2 is 2.00 bits per heavy atom. The van der Waals surface area contributed by atoms with E-state index in [-0.39, 0.29) is 5.82 Å². The molecule has 2 rings (SSSR count). The highest BCUT2D eigenvalue weighted by atomic mass is 19.1. The molecule has 0 saturated carbocycles. The molecule has 2 aromatic rings. The van der Waals surface area contributed by atoms with Crippen molar-refractivity contribution in [1.29, 1.82) is 0 Å². The first kappa shape index (κ1) is 11.6. The average molecular weight is 231 g/mol. The highest BCUT2D eigenvalue weighted by Gasteiger charge is 2.01. The van der Waals surface area contributed by atoms with Gasteiger partial charge in [-0.25, -0.2) is 4.39 Å². The zero-order valence-corrected chi connectivity index (χ0v) is 9.90. The average Bonchev–Trinajstić information content (AvgIpc) is 2.30. The van der Waals surface area contributed by atoms with Gasteiger partial charge in [-0.15, -0.1) is 0 Å². The fourth-order valence-electron chi connectivity index (χ4n) is 1.56. The lowest BCUT2D eigenvalue weighted by atomic mass is 10.1. The van der Waals surface area contributed by atoms with Crippen LogP contribution in [-0.2, 0) is 6.61 Å². The predicted octanol–water partition coefficient (Wildman–Crippen LogP) is 3.42. The third-order valence-electron chi connectivity index (χ3n) is 2.50. The van der Waals surface area contributed by atoms with Gasteiger partial charge in [0.05, 0.1) is 6.20 Å². The number of aryl methyl sites for hydroxylation is 2. The number of halogens is 1. The monoisotopic (exact) mass is 231 g/mol. The summed E-state index contributed by atoms with van der Waals surface area (Å²) in [6.45, 7) is 4.32. The zero-order chi connectivity index (χ0) is 12.3. The Morgan fingerprint density at radius 3 is 2.76 bits per heavy atom. The molecule has 0 N–H and O–H groups in total. The largest absolute Gasteiger partial charge is 0.489 e. The van der Waals surface area contributed by atoms with Gasteiger partial charge in [0.1, 0.15) is 18.2 Å². The fraction of sp³-hybridized carbons (Fsp3) is 0.214. The van der Waals surface area contributed by atoms with E-state index in [0.717, 1.165) is 22.4 Å². The number of pyridine rings is 1. The molecule has 17 heavy (non-hydrogen) atoms. The van der Waals surface area contributed by atoms with Crippen LogP contribution >= 0.6 is 0 Å². The molecular formula is C14H14FNO. The van der Waals surface area contributed by atoms with Crippen LogP contribution in [0.4, 0.5) is 4.39 Å². The number of nitrogens with zero attached hydrogens (tertiary/aromatic N) is 1. The molecule has 2 nitrogen and oxygen atoms in total. The number of aromatic nitrogens is 1. The molecule has 0 radical (unpaired) electrons. The summed E-state index contributed by atoms with van der Waals surface area (Å²) < 4.78 is 18.6. The Labute approximate surface area is 100 Å². The zero-order valence-electron chi connectivity index (χ0n) is 9.90. The number of ether oxygens (including phenoxy) is 1. The molecule has 0 fully saturated rings. The standard InChI is InChI=1S/C14H14FNO/c1-10-3-4-11(2)14(5-10)17-9-12-6-13(15)8-16-7-12/h3-8H,9H2,1-2H3. The first-order chi connectivity index (χ1) is 8.15. The second-order valence-corrected chi connectivity index (χ2v) is 4.07. The molecule has 0 aliphatic carbocycles. The summed E-state index contributed by atoms with van der Waals surface area (Å²) in [4.78, 5) is 3.78. The minimum atomic E-state index is -0.341. The van der Waals surface area contributed by atoms with Crippen molar-refractivity contribution in [3.8, 4) is 5.75 Å². The second kappa shape index (κ2) is 4.95. The molecule has 1 aromatic heterocycles. The SMILES string of the molecule is Cc1ccc(C)c(OCc2cncc(F)c2)c1. The molecule has 0 unspecified atom stereocenters. The summed E-state index contributed by atoms with van der Waals surface area (Å²) in [6, 6.07) is 7.45. The molecule has 0 saturated heterocycles. The molecule has 1 aromatic carbocycles. The van der Waals surface area contributed by atoms with Crippen LogP contribution in [0.1, 0.15) is 16.7 Å². The van der Waals surface area contributed by atoms with E-state index in [9.17, 15) is 4.39 Å². The van der Waals surface area contributed by atoms with Gasteiger partial charge in [-0.1, -0.05) is 12.1 Å². The maximum Gasteiger partial charge on any atom is 0.141 e. The van der Waals surface area contributed by atoms with Crippen molar-refractivity contribution < 1.29 is 9.13 Å². The van der Waals surface area contributed by atoms with Crippen LogP contribution in [-0.4, -0.2) is 4.98 Å². The van der Waals surface area contributed by atoms with Crippen molar-refractivity contribution in [2.24, 2.45) is 0 Å². The maximum absolute atomic E-state index is 12.9. The van der Waals surface area contributed by atoms with Gasteiger partial charge in [0.15, 0.2) is 0 Å². The van der Waals surface area contributed by atoms with E-state index in [4.69, 9.17) is 4.74 Å². The van der Waals surface area contributed by atoms with E-state index < -0.39 is 0 Å². The van der Waals surface area contributed by atoms with Crippen LogP contribution in [0.2, 0.25) is 0 Å². The first-order valence-electron chi connectivity index (χ1n) is 5.44. The summed E-state index contributed by atoms with van der Waals surface area (Å²) in [7, 11) is 0. The van der Waals surface area contributed by atoms with E-state index in [1.807, 2.05) is 32.0 Å². The summed E-state index contributed by atoms with van der Waals surface area (Å²) in [5, 5.41) is 0. The fourth-order valence-corrected chi connectivity index (χ4v) is 1.56. The van der Waals surface area contributed by atoms with Crippen molar-refractivity contribution in [2.75, 3.05) is 0 Å². The maximum atomic E-state index is 12.9. The lowest BCUT2D eigenvalue weighted by molar-refractivity contribution is 0.302. The Balaban J connectivity index is 2.09. The van der Waals surface area contributed by atoms with Gasteiger partial charge in [-0.2, -0.15) is 0 Å².